The predicted molar refractivity (Wildman–Crippen MR) is 83.8 cm³/mol. The number of benzene rings is 1. The molecule has 0 saturated carbocycles. The van der Waals surface area contributed by atoms with Crippen molar-refractivity contribution in [2.75, 3.05) is 0 Å². The first-order valence-electron chi connectivity index (χ1n) is 7.11. The summed E-state index contributed by atoms with van der Waals surface area (Å²) in [5.41, 5.74) is -4.35. The molecule has 9 heteroatoms. The molecule has 1 aromatic carbocycles. The number of nitrogens with one attached hydrogen (secondary N) is 1. The van der Waals surface area contributed by atoms with Crippen molar-refractivity contribution in [3.63, 3.8) is 0 Å². The van der Waals surface area contributed by atoms with Gasteiger partial charge in [-0.2, -0.15) is 13.2 Å². The summed E-state index contributed by atoms with van der Waals surface area (Å²) in [7, 11) is 0. The van der Waals surface area contributed by atoms with Crippen LogP contribution in [0.1, 0.15) is 23.0 Å². The Morgan fingerprint density at radius 3 is 2.48 bits per heavy atom. The van der Waals surface area contributed by atoms with Crippen molar-refractivity contribution in [3.05, 3.63) is 54.0 Å². The maximum Gasteiger partial charge on any atom is 0.446 e. The van der Waals surface area contributed by atoms with Gasteiger partial charge in [-0.05, 0) is 55.1 Å². The molecule has 0 unspecified atom stereocenters. The van der Waals surface area contributed by atoms with E-state index in [-0.39, 0.29) is 28.8 Å². The Morgan fingerprint density at radius 1 is 1.24 bits per heavy atom. The molecule has 1 heterocycles. The molecule has 1 atom stereocenters. The van der Waals surface area contributed by atoms with Crippen molar-refractivity contribution >= 4 is 23.6 Å². The average molecular weight is 373 g/mol. The zero-order valence-electron chi connectivity index (χ0n) is 13.0. The van der Waals surface area contributed by atoms with Gasteiger partial charge in [0.25, 0.3) is 5.91 Å². The minimum atomic E-state index is -4.40. The predicted octanol–water partition coefficient (Wildman–Crippen LogP) is 3.75. The highest BCUT2D eigenvalue weighted by Crippen LogP contribution is 2.36. The van der Waals surface area contributed by atoms with Gasteiger partial charge in [0.1, 0.15) is 5.76 Å². The highest BCUT2D eigenvalue weighted by atomic mass is 32.2. The van der Waals surface area contributed by atoms with E-state index < -0.39 is 23.5 Å². The van der Waals surface area contributed by atoms with Gasteiger partial charge < -0.3 is 14.5 Å². The highest BCUT2D eigenvalue weighted by Gasteiger charge is 2.29. The molecule has 25 heavy (non-hydrogen) atoms. The Labute approximate surface area is 145 Å². The fourth-order valence-corrected chi connectivity index (χ4v) is 2.35. The molecule has 0 saturated heterocycles. The molecule has 134 valence electrons. The Hall–Kier alpha value is -2.42. The number of hydrogen-bond donors (Lipinski definition) is 1. The Bertz CT molecular complexity index is 714. The lowest BCUT2D eigenvalue weighted by atomic mass is 10.2. The van der Waals surface area contributed by atoms with Crippen molar-refractivity contribution < 1.29 is 31.9 Å². The van der Waals surface area contributed by atoms with Crippen molar-refractivity contribution in [1.29, 1.82) is 0 Å². The number of alkyl halides is 3. The quantitative estimate of drug-likeness (QED) is 0.617. The molecule has 0 radical (unpaired) electrons. The topological polar surface area (TPSA) is 68.5 Å². The van der Waals surface area contributed by atoms with Crippen LogP contribution in [0.3, 0.4) is 0 Å². The van der Waals surface area contributed by atoms with E-state index in [1.165, 1.54) is 25.3 Å². The molecular weight excluding hydrogens is 359 g/mol. The molecule has 1 N–H and O–H groups in total. The summed E-state index contributed by atoms with van der Waals surface area (Å²) in [4.78, 5) is 23.7. The van der Waals surface area contributed by atoms with Crippen LogP contribution in [-0.2, 0) is 16.1 Å². The standard InChI is InChI=1S/C16H14F3NO4S/c1-10(14(21)20-9-12-3-2-8-23-12)24-15(22)11-4-6-13(7-5-11)25-16(17,18)19/h2-8,10H,9H2,1H3,(H,20,21)/t10-/m0/s1. The monoisotopic (exact) mass is 373 g/mol. The summed E-state index contributed by atoms with van der Waals surface area (Å²) in [6.07, 6.45) is 0.401. The van der Waals surface area contributed by atoms with Crippen LogP contribution in [0, 0.1) is 0 Å². The number of carbonyl (C=O) groups is 2. The van der Waals surface area contributed by atoms with Crippen LogP contribution in [0.2, 0.25) is 0 Å². The zero-order chi connectivity index (χ0) is 18.4. The Balaban J connectivity index is 1.86. The molecule has 0 spiro atoms. The van der Waals surface area contributed by atoms with Crippen LogP contribution in [0.15, 0.2) is 52.0 Å². The first-order valence-corrected chi connectivity index (χ1v) is 7.93. The van der Waals surface area contributed by atoms with Crippen LogP contribution in [0.5, 0.6) is 0 Å². The van der Waals surface area contributed by atoms with E-state index in [1.54, 1.807) is 12.1 Å². The van der Waals surface area contributed by atoms with Crippen LogP contribution >= 0.6 is 11.8 Å². The van der Waals surface area contributed by atoms with Gasteiger partial charge in [0, 0.05) is 4.90 Å². The van der Waals surface area contributed by atoms with Crippen molar-refractivity contribution in [1.82, 2.24) is 5.32 Å². The van der Waals surface area contributed by atoms with Crippen LogP contribution in [-0.4, -0.2) is 23.5 Å². The molecule has 0 aliphatic rings. The number of carbonyl (C=O) groups excluding carboxylic acids is 2. The summed E-state index contributed by atoms with van der Waals surface area (Å²) < 4.78 is 46.8. The lowest BCUT2D eigenvalue weighted by Crippen LogP contribution is -2.35. The van der Waals surface area contributed by atoms with Gasteiger partial charge in [0.05, 0.1) is 18.4 Å². The fourth-order valence-electron chi connectivity index (χ4n) is 1.81. The van der Waals surface area contributed by atoms with E-state index in [1.807, 2.05) is 0 Å². The minimum absolute atomic E-state index is 0.0479. The normalized spacial score (nSPS) is 12.5. The number of thioether (sulfide) groups is 1. The van der Waals surface area contributed by atoms with Gasteiger partial charge >= 0.3 is 11.5 Å². The molecule has 1 aromatic heterocycles. The Kier molecular flexibility index (Phi) is 6.13. The molecule has 0 fully saturated rings. The highest BCUT2D eigenvalue weighted by molar-refractivity contribution is 8.00. The number of amides is 1. The van der Waals surface area contributed by atoms with Crippen molar-refractivity contribution in [2.45, 2.75) is 30.0 Å². The third-order valence-electron chi connectivity index (χ3n) is 2.99. The van der Waals surface area contributed by atoms with Gasteiger partial charge in [-0.25, -0.2) is 4.79 Å². The zero-order valence-corrected chi connectivity index (χ0v) is 13.8. The summed E-state index contributed by atoms with van der Waals surface area (Å²) in [6, 6.07) is 8.10. The molecule has 0 aliphatic heterocycles. The minimum Gasteiger partial charge on any atom is -0.467 e. The maximum atomic E-state index is 12.3. The summed E-state index contributed by atoms with van der Waals surface area (Å²) >= 11 is -0.280. The SMILES string of the molecule is C[C@H](OC(=O)c1ccc(SC(F)(F)F)cc1)C(=O)NCc1ccco1. The maximum absolute atomic E-state index is 12.3. The van der Waals surface area contributed by atoms with E-state index >= 15 is 0 Å². The van der Waals surface area contributed by atoms with E-state index in [9.17, 15) is 22.8 Å². The first kappa shape index (κ1) is 18.9. The van der Waals surface area contributed by atoms with Gasteiger partial charge in [0.2, 0.25) is 0 Å². The lowest BCUT2D eigenvalue weighted by molar-refractivity contribution is -0.129. The second-order valence-electron chi connectivity index (χ2n) is 4.92. The number of ether oxygens (including phenoxy) is 1. The van der Waals surface area contributed by atoms with E-state index in [0.717, 1.165) is 12.1 Å². The van der Waals surface area contributed by atoms with Crippen molar-refractivity contribution in [3.8, 4) is 0 Å². The average Bonchev–Trinajstić information content (AvgIpc) is 3.05. The van der Waals surface area contributed by atoms with Gasteiger partial charge in [-0.15, -0.1) is 0 Å². The first-order chi connectivity index (χ1) is 11.7. The van der Waals surface area contributed by atoms with Crippen LogP contribution in [0.4, 0.5) is 13.2 Å². The van der Waals surface area contributed by atoms with E-state index in [0.29, 0.717) is 5.76 Å². The third kappa shape index (κ3) is 6.18. The second-order valence-corrected chi connectivity index (χ2v) is 6.06. The van der Waals surface area contributed by atoms with E-state index in [2.05, 4.69) is 5.32 Å². The summed E-state index contributed by atoms with van der Waals surface area (Å²) in [6.45, 7) is 1.54. The van der Waals surface area contributed by atoms with Crippen molar-refractivity contribution in [2.24, 2.45) is 0 Å². The summed E-state index contributed by atoms with van der Waals surface area (Å²) in [5.74, 6) is -0.775. The molecular formula is C16H14F3NO4S. The molecule has 0 aliphatic carbocycles. The Morgan fingerprint density at radius 2 is 1.92 bits per heavy atom. The van der Waals surface area contributed by atoms with Crippen LogP contribution < -0.4 is 5.32 Å². The number of hydrogen-bond acceptors (Lipinski definition) is 5. The van der Waals surface area contributed by atoms with E-state index in [4.69, 9.17) is 9.15 Å². The summed E-state index contributed by atoms with van der Waals surface area (Å²) in [5, 5.41) is 2.54. The molecule has 5 nitrogen and oxygen atoms in total. The van der Waals surface area contributed by atoms with Gasteiger partial charge in [-0.3, -0.25) is 4.79 Å². The smallest absolute Gasteiger partial charge is 0.446 e. The third-order valence-corrected chi connectivity index (χ3v) is 3.73. The number of halogens is 3. The number of rotatable bonds is 6. The van der Waals surface area contributed by atoms with Gasteiger partial charge in [0.15, 0.2) is 6.10 Å². The fraction of sp³-hybridized carbons (Fsp3) is 0.250. The van der Waals surface area contributed by atoms with Gasteiger partial charge in [-0.1, -0.05) is 0 Å². The lowest BCUT2D eigenvalue weighted by Gasteiger charge is -2.13. The largest absolute Gasteiger partial charge is 0.467 e. The molecule has 0 bridgehead atoms. The number of esters is 1. The molecule has 1 amide bonds. The second kappa shape index (κ2) is 8.11. The molecule has 2 aromatic rings. The molecule has 2 rings (SSSR count). The number of furan rings is 1. The van der Waals surface area contributed by atoms with Crippen LogP contribution in [0.25, 0.3) is 0 Å².